The maximum atomic E-state index is 13.8. The minimum atomic E-state index is -4.44. The number of rotatable bonds is 5. The molecule has 1 saturated carbocycles. The molecule has 5 rings (SSSR count). The molecule has 0 bridgehead atoms. The highest BCUT2D eigenvalue weighted by Gasteiger charge is 2.53. The topological polar surface area (TPSA) is 58.1 Å². The van der Waals surface area contributed by atoms with Crippen molar-refractivity contribution < 1.29 is 22.4 Å². The van der Waals surface area contributed by atoms with Crippen LogP contribution in [0.2, 0.25) is 0 Å². The smallest absolute Gasteiger partial charge is 0.368 e. The fourth-order valence-electron chi connectivity index (χ4n) is 4.73. The number of carbonyl (C=O) groups is 1. The van der Waals surface area contributed by atoms with Crippen molar-refractivity contribution in [2.45, 2.75) is 38.4 Å². The van der Waals surface area contributed by atoms with Gasteiger partial charge in [-0.25, -0.2) is 14.4 Å². The molecule has 1 atom stereocenters. The van der Waals surface area contributed by atoms with Crippen LogP contribution in [0.3, 0.4) is 0 Å². The van der Waals surface area contributed by atoms with Gasteiger partial charge in [0.05, 0.1) is 5.56 Å². The monoisotopic (exact) mass is 484 g/mol. The molecule has 35 heavy (non-hydrogen) atoms. The standard InChI is InChI=1S/C26H24F4N4O/c1-16-2-8-21(17-3-6-19(27)7-4-17)23(33-16)24(35)34-15-25(10-11-25)12-20(34)14-32-22-9-5-18(13-31-22)26(28,29)30/h2-9,13,20H,10-12,14-15H2,1H3,(H,31,32). The predicted octanol–water partition coefficient (Wildman–Crippen LogP) is 5.72. The van der Waals surface area contributed by atoms with E-state index in [1.54, 1.807) is 12.1 Å². The Morgan fingerprint density at radius 1 is 1.11 bits per heavy atom. The second-order valence-corrected chi connectivity index (χ2v) is 9.46. The van der Waals surface area contributed by atoms with Gasteiger partial charge in [-0.2, -0.15) is 13.2 Å². The van der Waals surface area contributed by atoms with E-state index >= 15 is 0 Å². The molecule has 1 aliphatic carbocycles. The van der Waals surface area contributed by atoms with E-state index in [1.165, 1.54) is 18.2 Å². The second-order valence-electron chi connectivity index (χ2n) is 9.46. The summed E-state index contributed by atoms with van der Waals surface area (Å²) in [5, 5.41) is 3.10. The Morgan fingerprint density at radius 2 is 1.86 bits per heavy atom. The Morgan fingerprint density at radius 3 is 2.49 bits per heavy atom. The third-order valence-electron chi connectivity index (χ3n) is 6.84. The molecule has 9 heteroatoms. The predicted molar refractivity (Wildman–Crippen MR) is 123 cm³/mol. The molecule has 1 unspecified atom stereocenters. The first-order valence-electron chi connectivity index (χ1n) is 11.5. The van der Waals surface area contributed by atoms with Gasteiger partial charge in [0.1, 0.15) is 17.3 Å². The minimum absolute atomic E-state index is 0.0927. The van der Waals surface area contributed by atoms with Crippen molar-refractivity contribution in [3.63, 3.8) is 0 Å². The van der Waals surface area contributed by atoms with Crippen molar-refractivity contribution in [3.05, 3.63) is 77.5 Å². The molecule has 1 amide bonds. The van der Waals surface area contributed by atoms with E-state index in [-0.39, 0.29) is 23.2 Å². The van der Waals surface area contributed by atoms with Crippen LogP contribution in [-0.4, -0.2) is 39.9 Å². The summed E-state index contributed by atoms with van der Waals surface area (Å²) in [5.74, 6) is -0.244. The molecule has 1 N–H and O–H groups in total. The van der Waals surface area contributed by atoms with Gasteiger partial charge in [0.15, 0.2) is 0 Å². The second kappa shape index (κ2) is 8.62. The normalized spacial score (nSPS) is 18.7. The number of likely N-dealkylation sites (tertiary alicyclic amines) is 1. The summed E-state index contributed by atoms with van der Waals surface area (Å²) in [6.07, 6.45) is -0.755. The first kappa shape index (κ1) is 23.3. The van der Waals surface area contributed by atoms with Crippen LogP contribution in [0.15, 0.2) is 54.7 Å². The lowest BCUT2D eigenvalue weighted by atomic mass is 10.0. The van der Waals surface area contributed by atoms with Crippen LogP contribution in [0.1, 0.15) is 41.0 Å². The van der Waals surface area contributed by atoms with Crippen molar-refractivity contribution in [1.29, 1.82) is 0 Å². The van der Waals surface area contributed by atoms with Gasteiger partial charge in [0, 0.05) is 36.6 Å². The number of anilines is 1. The summed E-state index contributed by atoms with van der Waals surface area (Å²) >= 11 is 0. The van der Waals surface area contributed by atoms with Crippen LogP contribution in [0, 0.1) is 18.2 Å². The molecule has 182 valence electrons. The van der Waals surface area contributed by atoms with Gasteiger partial charge in [-0.15, -0.1) is 0 Å². The van der Waals surface area contributed by atoms with E-state index in [4.69, 9.17) is 0 Å². The largest absolute Gasteiger partial charge is 0.417 e. The van der Waals surface area contributed by atoms with Gasteiger partial charge >= 0.3 is 6.18 Å². The van der Waals surface area contributed by atoms with E-state index in [9.17, 15) is 22.4 Å². The SMILES string of the molecule is Cc1ccc(-c2ccc(F)cc2)c(C(=O)N2CC3(CC3)CC2CNc2ccc(C(F)(F)F)cn2)n1. The molecule has 2 fully saturated rings. The number of pyridine rings is 2. The first-order valence-corrected chi connectivity index (χ1v) is 11.5. The van der Waals surface area contributed by atoms with Crippen molar-refractivity contribution in [2.24, 2.45) is 5.41 Å². The summed E-state index contributed by atoms with van der Waals surface area (Å²) in [5.41, 5.74) is 1.63. The van der Waals surface area contributed by atoms with Crippen LogP contribution < -0.4 is 5.32 Å². The van der Waals surface area contributed by atoms with Crippen molar-refractivity contribution in [1.82, 2.24) is 14.9 Å². The van der Waals surface area contributed by atoms with Crippen LogP contribution in [0.25, 0.3) is 11.1 Å². The lowest BCUT2D eigenvalue weighted by molar-refractivity contribution is -0.137. The minimum Gasteiger partial charge on any atom is -0.368 e. The van der Waals surface area contributed by atoms with Crippen LogP contribution in [0.5, 0.6) is 0 Å². The number of carbonyl (C=O) groups excluding carboxylic acids is 1. The molecule has 3 aromatic rings. The highest BCUT2D eigenvalue weighted by Crippen LogP contribution is 2.55. The van der Waals surface area contributed by atoms with Gasteiger partial charge in [-0.05, 0) is 67.5 Å². The Bertz CT molecular complexity index is 1240. The molecular weight excluding hydrogens is 460 g/mol. The van der Waals surface area contributed by atoms with E-state index in [0.29, 0.717) is 41.4 Å². The molecule has 1 aliphatic heterocycles. The van der Waals surface area contributed by atoms with E-state index < -0.39 is 11.7 Å². The van der Waals surface area contributed by atoms with Gasteiger partial charge < -0.3 is 10.2 Å². The fourth-order valence-corrected chi connectivity index (χ4v) is 4.73. The highest BCUT2D eigenvalue weighted by atomic mass is 19.4. The zero-order valence-corrected chi connectivity index (χ0v) is 19.1. The summed E-state index contributed by atoms with van der Waals surface area (Å²) in [4.78, 5) is 24.0. The number of aryl methyl sites for hydroxylation is 1. The maximum Gasteiger partial charge on any atom is 0.417 e. The summed E-state index contributed by atoms with van der Waals surface area (Å²) in [6.45, 7) is 2.79. The molecular formula is C26H24F4N4O. The van der Waals surface area contributed by atoms with Gasteiger partial charge in [-0.1, -0.05) is 18.2 Å². The van der Waals surface area contributed by atoms with Crippen molar-refractivity contribution in [2.75, 3.05) is 18.4 Å². The first-order chi connectivity index (χ1) is 16.6. The molecule has 3 heterocycles. The Kier molecular flexibility index (Phi) is 5.73. The van der Waals surface area contributed by atoms with E-state index in [2.05, 4.69) is 15.3 Å². The number of amides is 1. The summed E-state index contributed by atoms with van der Waals surface area (Å²) < 4.78 is 51.9. The van der Waals surface area contributed by atoms with E-state index in [1.807, 2.05) is 24.0 Å². The molecule has 1 saturated heterocycles. The lowest BCUT2D eigenvalue weighted by Crippen LogP contribution is -2.40. The molecule has 5 nitrogen and oxygen atoms in total. The number of halogens is 4. The zero-order chi connectivity index (χ0) is 24.8. The van der Waals surface area contributed by atoms with Gasteiger partial charge in [0.2, 0.25) is 0 Å². The zero-order valence-electron chi connectivity index (χ0n) is 19.1. The molecule has 2 aliphatic rings. The molecule has 1 spiro atoms. The number of aromatic nitrogens is 2. The Balaban J connectivity index is 1.38. The third kappa shape index (κ3) is 4.85. The third-order valence-corrected chi connectivity index (χ3v) is 6.84. The summed E-state index contributed by atoms with van der Waals surface area (Å²) in [6, 6.07) is 11.7. The Hall–Kier alpha value is -3.49. The van der Waals surface area contributed by atoms with Crippen LogP contribution >= 0.6 is 0 Å². The average molecular weight is 484 g/mol. The quantitative estimate of drug-likeness (QED) is 0.471. The van der Waals surface area contributed by atoms with Crippen molar-refractivity contribution >= 4 is 11.7 Å². The number of benzene rings is 1. The van der Waals surface area contributed by atoms with Crippen molar-refractivity contribution in [3.8, 4) is 11.1 Å². The van der Waals surface area contributed by atoms with Crippen LogP contribution in [-0.2, 0) is 6.18 Å². The average Bonchev–Trinajstić information content (AvgIpc) is 3.48. The number of hydrogen-bond donors (Lipinski definition) is 1. The number of nitrogens with zero attached hydrogens (tertiary/aromatic N) is 3. The van der Waals surface area contributed by atoms with E-state index in [0.717, 1.165) is 31.5 Å². The number of nitrogens with one attached hydrogen (secondary N) is 1. The van der Waals surface area contributed by atoms with Crippen LogP contribution in [0.4, 0.5) is 23.4 Å². The maximum absolute atomic E-state index is 13.8. The lowest BCUT2D eigenvalue weighted by Gasteiger charge is -2.26. The summed E-state index contributed by atoms with van der Waals surface area (Å²) in [7, 11) is 0. The van der Waals surface area contributed by atoms with Gasteiger partial charge in [-0.3, -0.25) is 4.79 Å². The highest BCUT2D eigenvalue weighted by molar-refractivity contribution is 5.99. The molecule has 1 aromatic carbocycles. The van der Waals surface area contributed by atoms with Gasteiger partial charge in [0.25, 0.3) is 5.91 Å². The number of hydrogen-bond acceptors (Lipinski definition) is 4. The number of alkyl halides is 3. The Labute approximate surface area is 200 Å². The molecule has 0 radical (unpaired) electrons. The molecule has 2 aromatic heterocycles. The fraction of sp³-hybridized carbons (Fsp3) is 0.346.